The van der Waals surface area contributed by atoms with Crippen molar-refractivity contribution in [3.05, 3.63) is 23.5 Å². The van der Waals surface area contributed by atoms with E-state index in [2.05, 4.69) is 19.1 Å². The molecule has 2 atom stereocenters. The van der Waals surface area contributed by atoms with Crippen LogP contribution in [-0.4, -0.2) is 7.11 Å². The Morgan fingerprint density at radius 2 is 2.00 bits per heavy atom. The zero-order valence-corrected chi connectivity index (χ0v) is 10.5. The van der Waals surface area contributed by atoms with E-state index in [4.69, 9.17) is 4.74 Å². The third kappa shape index (κ3) is 2.87. The van der Waals surface area contributed by atoms with Gasteiger partial charge in [0.1, 0.15) is 0 Å². The van der Waals surface area contributed by atoms with Gasteiger partial charge in [-0.2, -0.15) is 0 Å². The summed E-state index contributed by atoms with van der Waals surface area (Å²) in [5.41, 5.74) is 1.68. The molecule has 0 aliphatic heterocycles. The van der Waals surface area contributed by atoms with Crippen LogP contribution in [0.2, 0.25) is 0 Å². The molecule has 0 aromatic heterocycles. The van der Waals surface area contributed by atoms with Crippen molar-refractivity contribution in [3.63, 3.8) is 0 Å². The lowest BCUT2D eigenvalue weighted by Gasteiger charge is -2.04. The van der Waals surface area contributed by atoms with E-state index < -0.39 is 0 Å². The molecule has 2 rings (SSSR count). The zero-order valence-electron chi connectivity index (χ0n) is 10.5. The highest BCUT2D eigenvalue weighted by molar-refractivity contribution is 5.27. The summed E-state index contributed by atoms with van der Waals surface area (Å²) in [6, 6.07) is 0. The standard InChI is InChI=1S/C12H18O.C2H6/c1-3-5-9-6-4-7-12(13-2)11-8-10(9)11;1-2/h6-7,10-11H,3-5,8H2,1-2H3;1-2H3. The summed E-state index contributed by atoms with van der Waals surface area (Å²) in [4.78, 5) is 0. The second-order valence-corrected chi connectivity index (χ2v) is 4.02. The average Bonchev–Trinajstić information content (AvgIpc) is 3.04. The molecule has 0 N–H and O–H groups in total. The van der Waals surface area contributed by atoms with E-state index in [1.165, 1.54) is 25.0 Å². The average molecular weight is 208 g/mol. The molecule has 0 amide bonds. The summed E-state index contributed by atoms with van der Waals surface area (Å²) in [6.45, 7) is 6.26. The summed E-state index contributed by atoms with van der Waals surface area (Å²) >= 11 is 0. The number of hydrogen-bond acceptors (Lipinski definition) is 1. The Labute approximate surface area is 94.2 Å². The number of ether oxygens (including phenoxy) is 1. The molecule has 86 valence electrons. The van der Waals surface area contributed by atoms with Gasteiger partial charge >= 0.3 is 0 Å². The van der Waals surface area contributed by atoms with E-state index >= 15 is 0 Å². The predicted octanol–water partition coefficient (Wildman–Crippen LogP) is 4.31. The molecular weight excluding hydrogens is 184 g/mol. The Morgan fingerprint density at radius 1 is 1.27 bits per heavy atom. The fraction of sp³-hybridized carbons (Fsp3) is 0.714. The van der Waals surface area contributed by atoms with Crippen molar-refractivity contribution in [2.24, 2.45) is 11.8 Å². The number of hydrogen-bond donors (Lipinski definition) is 0. The van der Waals surface area contributed by atoms with E-state index in [9.17, 15) is 0 Å². The minimum absolute atomic E-state index is 0.727. The van der Waals surface area contributed by atoms with Gasteiger partial charge in [-0.3, -0.25) is 0 Å². The van der Waals surface area contributed by atoms with Crippen molar-refractivity contribution in [3.8, 4) is 0 Å². The van der Waals surface area contributed by atoms with Gasteiger partial charge in [0.15, 0.2) is 0 Å². The van der Waals surface area contributed by atoms with Gasteiger partial charge in [-0.25, -0.2) is 0 Å². The van der Waals surface area contributed by atoms with E-state index in [1.807, 2.05) is 13.8 Å². The Bertz CT molecular complexity index is 250. The van der Waals surface area contributed by atoms with Gasteiger partial charge in [-0.05, 0) is 31.3 Å². The summed E-state index contributed by atoms with van der Waals surface area (Å²) < 4.78 is 5.38. The van der Waals surface area contributed by atoms with E-state index in [1.54, 1.807) is 12.7 Å². The second-order valence-electron chi connectivity index (χ2n) is 4.02. The third-order valence-electron chi connectivity index (χ3n) is 3.11. The molecule has 1 saturated carbocycles. The summed E-state index contributed by atoms with van der Waals surface area (Å²) in [6.07, 6.45) is 9.61. The Balaban J connectivity index is 0.000000531. The highest BCUT2D eigenvalue weighted by atomic mass is 16.5. The quantitative estimate of drug-likeness (QED) is 0.628. The molecule has 0 radical (unpaired) electrons. The van der Waals surface area contributed by atoms with Gasteiger partial charge < -0.3 is 4.74 Å². The van der Waals surface area contributed by atoms with Crippen molar-refractivity contribution in [2.75, 3.05) is 7.11 Å². The van der Waals surface area contributed by atoms with Crippen molar-refractivity contribution in [1.82, 2.24) is 0 Å². The lowest BCUT2D eigenvalue weighted by Crippen LogP contribution is -1.92. The lowest BCUT2D eigenvalue weighted by atomic mass is 10.0. The molecule has 0 aromatic carbocycles. The van der Waals surface area contributed by atoms with Crippen LogP contribution < -0.4 is 0 Å². The number of methoxy groups -OCH3 is 1. The molecule has 2 aliphatic rings. The zero-order chi connectivity index (χ0) is 11.3. The molecule has 0 bridgehead atoms. The maximum atomic E-state index is 5.38. The van der Waals surface area contributed by atoms with Gasteiger partial charge in [0.25, 0.3) is 0 Å². The third-order valence-corrected chi connectivity index (χ3v) is 3.11. The minimum Gasteiger partial charge on any atom is -0.501 e. The number of allylic oxidation sites excluding steroid dienone is 4. The first-order valence-electron chi connectivity index (χ1n) is 6.29. The number of rotatable bonds is 3. The predicted molar refractivity (Wildman–Crippen MR) is 65.6 cm³/mol. The fourth-order valence-corrected chi connectivity index (χ4v) is 2.36. The normalized spacial score (nSPS) is 27.5. The highest BCUT2D eigenvalue weighted by Gasteiger charge is 2.43. The lowest BCUT2D eigenvalue weighted by molar-refractivity contribution is 0.266. The van der Waals surface area contributed by atoms with Crippen LogP contribution in [0.4, 0.5) is 0 Å². The Morgan fingerprint density at radius 3 is 2.60 bits per heavy atom. The number of fused-ring (bicyclic) bond motifs is 1. The fourth-order valence-electron chi connectivity index (χ4n) is 2.36. The monoisotopic (exact) mass is 208 g/mol. The summed E-state index contributed by atoms with van der Waals surface area (Å²) in [5, 5.41) is 0. The molecule has 0 heterocycles. The maximum absolute atomic E-state index is 5.38. The van der Waals surface area contributed by atoms with E-state index in [-0.39, 0.29) is 0 Å². The topological polar surface area (TPSA) is 9.23 Å². The summed E-state index contributed by atoms with van der Waals surface area (Å²) in [7, 11) is 1.80. The van der Waals surface area contributed by atoms with Gasteiger partial charge in [0, 0.05) is 5.92 Å². The molecule has 0 saturated heterocycles. The molecule has 15 heavy (non-hydrogen) atoms. The molecular formula is C14H24O. The smallest absolute Gasteiger partial charge is 0.0955 e. The molecule has 1 heteroatoms. The van der Waals surface area contributed by atoms with Crippen LogP contribution >= 0.6 is 0 Å². The van der Waals surface area contributed by atoms with Crippen molar-refractivity contribution in [1.29, 1.82) is 0 Å². The van der Waals surface area contributed by atoms with Gasteiger partial charge in [-0.15, -0.1) is 0 Å². The molecule has 0 spiro atoms. The molecule has 1 nitrogen and oxygen atoms in total. The Kier molecular flexibility index (Phi) is 4.93. The first kappa shape index (κ1) is 12.4. The maximum Gasteiger partial charge on any atom is 0.0955 e. The summed E-state index contributed by atoms with van der Waals surface area (Å²) in [5.74, 6) is 2.78. The van der Waals surface area contributed by atoms with E-state index in [0.29, 0.717) is 0 Å². The van der Waals surface area contributed by atoms with Crippen LogP contribution in [0.1, 0.15) is 46.5 Å². The first-order chi connectivity index (χ1) is 7.36. The minimum atomic E-state index is 0.727. The van der Waals surface area contributed by atoms with Gasteiger partial charge in [0.2, 0.25) is 0 Å². The van der Waals surface area contributed by atoms with Crippen LogP contribution in [0.25, 0.3) is 0 Å². The van der Waals surface area contributed by atoms with Crippen LogP contribution in [-0.2, 0) is 4.74 Å². The van der Waals surface area contributed by atoms with Crippen LogP contribution in [0.15, 0.2) is 23.5 Å². The molecule has 2 aliphatic carbocycles. The van der Waals surface area contributed by atoms with Crippen molar-refractivity contribution < 1.29 is 4.74 Å². The van der Waals surface area contributed by atoms with Crippen molar-refractivity contribution >= 4 is 0 Å². The van der Waals surface area contributed by atoms with Crippen LogP contribution in [0, 0.1) is 11.8 Å². The SMILES string of the molecule is CC.CCCC1=CCC=C(OC)C2CC12. The van der Waals surface area contributed by atoms with E-state index in [0.717, 1.165) is 18.3 Å². The Hall–Kier alpha value is -0.720. The van der Waals surface area contributed by atoms with Crippen LogP contribution in [0.3, 0.4) is 0 Å². The second kappa shape index (κ2) is 5.99. The highest BCUT2D eigenvalue weighted by Crippen LogP contribution is 2.51. The first-order valence-corrected chi connectivity index (χ1v) is 6.29. The molecule has 1 fully saturated rings. The molecule has 2 unspecified atom stereocenters. The van der Waals surface area contributed by atoms with Crippen molar-refractivity contribution in [2.45, 2.75) is 46.5 Å². The van der Waals surface area contributed by atoms with Gasteiger partial charge in [-0.1, -0.05) is 38.8 Å². The van der Waals surface area contributed by atoms with Crippen LogP contribution in [0.5, 0.6) is 0 Å². The van der Waals surface area contributed by atoms with Gasteiger partial charge in [0.05, 0.1) is 12.9 Å². The largest absolute Gasteiger partial charge is 0.501 e. The molecule has 0 aromatic rings.